The molecule has 14 heavy (non-hydrogen) atoms. The molecule has 0 saturated heterocycles. The first-order valence-corrected chi connectivity index (χ1v) is 4.41. The molecule has 76 valence electrons. The fourth-order valence-corrected chi connectivity index (χ4v) is 1.49. The molecule has 0 bridgehead atoms. The van der Waals surface area contributed by atoms with Crippen molar-refractivity contribution in [2.45, 2.75) is 6.92 Å². The molecule has 0 atom stereocenters. The quantitative estimate of drug-likeness (QED) is 0.726. The summed E-state index contributed by atoms with van der Waals surface area (Å²) in [6.45, 7) is 1.46. The number of hydrogen-bond acceptors (Lipinski definition) is 3. The van der Waals surface area contributed by atoms with Gasteiger partial charge in [0.2, 0.25) is 0 Å². The van der Waals surface area contributed by atoms with Crippen LogP contribution in [0.5, 0.6) is 11.5 Å². The van der Waals surface area contributed by atoms with Crippen LogP contribution >= 0.6 is 11.6 Å². The van der Waals surface area contributed by atoms with Gasteiger partial charge in [-0.1, -0.05) is 11.6 Å². The lowest BCUT2D eigenvalue weighted by Gasteiger charge is -2.10. The van der Waals surface area contributed by atoms with E-state index >= 15 is 0 Å². The predicted octanol–water partition coefficient (Wildman–Crippen LogP) is 2.56. The molecular formula is C10H11ClO3. The van der Waals surface area contributed by atoms with Crippen molar-refractivity contribution in [2.24, 2.45) is 0 Å². The van der Waals surface area contributed by atoms with Crippen LogP contribution in [0.2, 0.25) is 5.02 Å². The molecule has 0 radical (unpaired) electrons. The Balaban J connectivity index is 3.35. The third-order valence-electron chi connectivity index (χ3n) is 1.87. The molecule has 1 aromatic rings. The van der Waals surface area contributed by atoms with Gasteiger partial charge in [-0.2, -0.15) is 0 Å². The van der Waals surface area contributed by atoms with Crippen LogP contribution in [0.15, 0.2) is 12.1 Å². The smallest absolute Gasteiger partial charge is 0.163 e. The molecule has 0 saturated carbocycles. The molecule has 4 heteroatoms. The molecule has 0 amide bonds. The fraction of sp³-hybridized carbons (Fsp3) is 0.300. The van der Waals surface area contributed by atoms with Crippen molar-refractivity contribution in [1.29, 1.82) is 0 Å². The second-order valence-electron chi connectivity index (χ2n) is 2.72. The first-order chi connectivity index (χ1) is 6.61. The number of ether oxygens (including phenoxy) is 2. The highest BCUT2D eigenvalue weighted by molar-refractivity contribution is 6.34. The Morgan fingerprint density at radius 2 is 1.93 bits per heavy atom. The van der Waals surface area contributed by atoms with Crippen molar-refractivity contribution in [3.8, 4) is 11.5 Å². The summed E-state index contributed by atoms with van der Waals surface area (Å²) >= 11 is 5.96. The van der Waals surface area contributed by atoms with Crippen LogP contribution < -0.4 is 9.47 Å². The molecule has 0 fully saturated rings. The van der Waals surface area contributed by atoms with Crippen molar-refractivity contribution in [3.63, 3.8) is 0 Å². The third-order valence-corrected chi connectivity index (χ3v) is 2.22. The molecule has 0 aliphatic heterocycles. The summed E-state index contributed by atoms with van der Waals surface area (Å²) in [4.78, 5) is 11.2. The van der Waals surface area contributed by atoms with Gasteiger partial charge in [-0.3, -0.25) is 4.79 Å². The highest BCUT2D eigenvalue weighted by Crippen LogP contribution is 2.36. The molecule has 0 aliphatic carbocycles. The van der Waals surface area contributed by atoms with Crippen molar-refractivity contribution in [2.75, 3.05) is 14.2 Å². The van der Waals surface area contributed by atoms with Gasteiger partial charge in [0.05, 0.1) is 19.8 Å². The zero-order valence-corrected chi connectivity index (χ0v) is 9.01. The topological polar surface area (TPSA) is 35.5 Å². The Bertz CT molecular complexity index is 361. The summed E-state index contributed by atoms with van der Waals surface area (Å²) in [6, 6.07) is 3.27. The second-order valence-corrected chi connectivity index (χ2v) is 3.10. The Hall–Kier alpha value is -1.22. The number of halogens is 1. The van der Waals surface area contributed by atoms with E-state index in [9.17, 15) is 4.79 Å². The van der Waals surface area contributed by atoms with E-state index in [0.29, 0.717) is 22.1 Å². The number of carbonyl (C=O) groups excluding carboxylic acids is 1. The molecule has 0 aromatic heterocycles. The number of rotatable bonds is 3. The van der Waals surface area contributed by atoms with Gasteiger partial charge in [0, 0.05) is 0 Å². The average molecular weight is 215 g/mol. The van der Waals surface area contributed by atoms with Crippen molar-refractivity contribution >= 4 is 17.4 Å². The van der Waals surface area contributed by atoms with Crippen LogP contribution in [0, 0.1) is 0 Å². The third kappa shape index (κ3) is 1.82. The van der Waals surface area contributed by atoms with Gasteiger partial charge in [0.1, 0.15) is 10.8 Å². The Morgan fingerprint density at radius 1 is 1.29 bits per heavy atom. The van der Waals surface area contributed by atoms with Gasteiger partial charge in [-0.15, -0.1) is 0 Å². The number of benzene rings is 1. The van der Waals surface area contributed by atoms with E-state index in [1.807, 2.05) is 0 Å². The fourth-order valence-electron chi connectivity index (χ4n) is 1.17. The van der Waals surface area contributed by atoms with E-state index in [1.165, 1.54) is 21.1 Å². The van der Waals surface area contributed by atoms with E-state index in [1.54, 1.807) is 12.1 Å². The minimum absolute atomic E-state index is 0.0913. The lowest BCUT2D eigenvalue weighted by molar-refractivity contribution is 0.101. The molecule has 3 nitrogen and oxygen atoms in total. The molecule has 0 spiro atoms. The number of methoxy groups -OCH3 is 2. The molecule has 1 aromatic carbocycles. The maximum Gasteiger partial charge on any atom is 0.163 e. The van der Waals surface area contributed by atoms with Crippen LogP contribution in [0.1, 0.15) is 17.3 Å². The molecule has 0 heterocycles. The van der Waals surface area contributed by atoms with Gasteiger partial charge >= 0.3 is 0 Å². The number of hydrogen-bond donors (Lipinski definition) is 0. The SMILES string of the molecule is COc1ccc(C(C)=O)c(OC)c1Cl. The summed E-state index contributed by atoms with van der Waals surface area (Å²) in [5, 5.41) is 0.322. The molecule has 1 rings (SSSR count). The largest absolute Gasteiger partial charge is 0.495 e. The summed E-state index contributed by atoms with van der Waals surface area (Å²) in [6.07, 6.45) is 0. The van der Waals surface area contributed by atoms with Gasteiger partial charge in [-0.25, -0.2) is 0 Å². The van der Waals surface area contributed by atoms with E-state index < -0.39 is 0 Å². The number of Topliss-reactive ketones (excluding diaryl/α,β-unsaturated/α-hetero) is 1. The Morgan fingerprint density at radius 3 is 2.36 bits per heavy atom. The first kappa shape index (κ1) is 10.9. The Kier molecular flexibility index (Phi) is 3.36. The van der Waals surface area contributed by atoms with Crippen LogP contribution in [0.3, 0.4) is 0 Å². The number of ketones is 1. The van der Waals surface area contributed by atoms with Crippen molar-refractivity contribution < 1.29 is 14.3 Å². The second kappa shape index (κ2) is 4.33. The highest BCUT2D eigenvalue weighted by atomic mass is 35.5. The van der Waals surface area contributed by atoms with Crippen LogP contribution in [0.4, 0.5) is 0 Å². The standard InChI is InChI=1S/C10H11ClO3/c1-6(12)7-4-5-8(13-2)9(11)10(7)14-3/h4-5H,1-3H3. The molecule has 0 N–H and O–H groups in total. The summed E-state index contributed by atoms with van der Waals surface area (Å²) in [5.41, 5.74) is 0.457. The lowest BCUT2D eigenvalue weighted by Crippen LogP contribution is -1.99. The minimum atomic E-state index is -0.0913. The lowest BCUT2D eigenvalue weighted by atomic mass is 10.1. The van der Waals surface area contributed by atoms with E-state index in [-0.39, 0.29) is 5.78 Å². The molecule has 0 unspecified atom stereocenters. The van der Waals surface area contributed by atoms with Gasteiger partial charge < -0.3 is 9.47 Å². The first-order valence-electron chi connectivity index (χ1n) is 4.03. The van der Waals surface area contributed by atoms with Gasteiger partial charge in [0.15, 0.2) is 11.5 Å². The zero-order valence-electron chi connectivity index (χ0n) is 8.26. The normalized spacial score (nSPS) is 9.71. The maximum atomic E-state index is 11.2. The highest BCUT2D eigenvalue weighted by Gasteiger charge is 2.15. The van der Waals surface area contributed by atoms with Crippen molar-refractivity contribution in [1.82, 2.24) is 0 Å². The summed E-state index contributed by atoms with van der Waals surface area (Å²) < 4.78 is 10.0. The number of carbonyl (C=O) groups is 1. The monoisotopic (exact) mass is 214 g/mol. The molecule has 0 aliphatic rings. The van der Waals surface area contributed by atoms with Gasteiger partial charge in [0.25, 0.3) is 0 Å². The van der Waals surface area contributed by atoms with Crippen LogP contribution in [-0.4, -0.2) is 20.0 Å². The maximum absolute atomic E-state index is 11.2. The summed E-state index contributed by atoms with van der Waals surface area (Å²) in [5.74, 6) is 0.762. The molecular weight excluding hydrogens is 204 g/mol. The van der Waals surface area contributed by atoms with E-state index in [0.717, 1.165) is 0 Å². The Labute approximate surface area is 87.6 Å². The average Bonchev–Trinajstić information content (AvgIpc) is 2.17. The summed E-state index contributed by atoms with van der Waals surface area (Å²) in [7, 11) is 2.97. The van der Waals surface area contributed by atoms with E-state index in [4.69, 9.17) is 21.1 Å². The van der Waals surface area contributed by atoms with Crippen molar-refractivity contribution in [3.05, 3.63) is 22.7 Å². The minimum Gasteiger partial charge on any atom is -0.495 e. The van der Waals surface area contributed by atoms with Crippen LogP contribution in [-0.2, 0) is 0 Å². The predicted molar refractivity (Wildman–Crippen MR) is 54.6 cm³/mol. The zero-order chi connectivity index (χ0) is 10.7. The van der Waals surface area contributed by atoms with E-state index in [2.05, 4.69) is 0 Å². The van der Waals surface area contributed by atoms with Gasteiger partial charge in [-0.05, 0) is 19.1 Å². The van der Waals surface area contributed by atoms with Crippen LogP contribution in [0.25, 0.3) is 0 Å².